The van der Waals surface area contributed by atoms with Crippen molar-refractivity contribution in [2.24, 2.45) is 5.92 Å². The molecule has 0 spiro atoms. The predicted octanol–water partition coefficient (Wildman–Crippen LogP) is 6.09. The third-order valence-corrected chi connectivity index (χ3v) is 5.66. The summed E-state index contributed by atoms with van der Waals surface area (Å²) in [6.45, 7) is 7.89. The molecular formula is C28H35N7O5. The van der Waals surface area contributed by atoms with Crippen LogP contribution < -0.4 is 25.6 Å². The number of carbonyl (C=O) groups excluding carboxylic acids is 2. The molecule has 0 unspecified atom stereocenters. The Morgan fingerprint density at radius 1 is 1.02 bits per heavy atom. The van der Waals surface area contributed by atoms with Gasteiger partial charge in [0.25, 0.3) is 0 Å². The number of nitrogens with zero attached hydrogens (tertiary/aromatic N) is 4. The second kappa shape index (κ2) is 12.5. The van der Waals surface area contributed by atoms with Crippen molar-refractivity contribution >= 4 is 46.7 Å². The first-order valence-corrected chi connectivity index (χ1v) is 13.1. The molecule has 40 heavy (non-hydrogen) atoms. The number of pyridine rings is 1. The van der Waals surface area contributed by atoms with Crippen LogP contribution in [0.2, 0.25) is 0 Å². The number of anilines is 6. The van der Waals surface area contributed by atoms with E-state index in [1.54, 1.807) is 82.4 Å². The third-order valence-electron chi connectivity index (χ3n) is 5.66. The quantitative estimate of drug-likeness (QED) is 0.272. The maximum absolute atomic E-state index is 13.0. The Morgan fingerprint density at radius 2 is 1.80 bits per heavy atom. The highest BCUT2D eigenvalue weighted by atomic mass is 16.6. The first-order valence-electron chi connectivity index (χ1n) is 13.1. The van der Waals surface area contributed by atoms with Crippen molar-refractivity contribution in [3.8, 4) is 5.88 Å². The lowest BCUT2D eigenvalue weighted by Crippen LogP contribution is -2.34. The summed E-state index contributed by atoms with van der Waals surface area (Å²) in [6.07, 6.45) is 4.24. The lowest BCUT2D eigenvalue weighted by atomic mass is 10.2. The molecule has 0 aliphatic heterocycles. The highest BCUT2D eigenvalue weighted by molar-refractivity contribution is 5.92. The molecule has 0 bridgehead atoms. The van der Waals surface area contributed by atoms with E-state index in [1.165, 1.54) is 0 Å². The molecule has 1 aromatic carbocycles. The summed E-state index contributed by atoms with van der Waals surface area (Å²) in [6, 6.07) is 10.6. The molecule has 4 rings (SSSR count). The Bertz CT molecular complexity index is 1320. The standard InChI is InChI=1S/C28H35N7O5/c1-6-39-27(37)35(17-18-10-11-18)22-16-30-25(32-21-12-13-23(38-5)29-15-21)34-24(22)31-19-8-7-9-20(14-19)33-26(36)40-28(2,3)4/h7-9,12-16,18H,6,10-11,17H2,1-5H3,(H,33,36)(H2,30,31,32,34). The zero-order valence-corrected chi connectivity index (χ0v) is 23.4. The molecule has 1 saturated carbocycles. The molecular weight excluding hydrogens is 514 g/mol. The molecule has 12 nitrogen and oxygen atoms in total. The number of rotatable bonds is 10. The first-order chi connectivity index (χ1) is 19.1. The Labute approximate surface area is 233 Å². The van der Waals surface area contributed by atoms with Crippen LogP contribution in [0.3, 0.4) is 0 Å². The van der Waals surface area contributed by atoms with Crippen LogP contribution in [-0.2, 0) is 9.47 Å². The van der Waals surface area contributed by atoms with Gasteiger partial charge in [-0.25, -0.2) is 19.6 Å². The number of benzene rings is 1. The summed E-state index contributed by atoms with van der Waals surface area (Å²) in [5.41, 5.74) is 1.65. The number of hydrogen-bond acceptors (Lipinski definition) is 10. The fraction of sp³-hybridized carbons (Fsp3) is 0.393. The second-order valence-electron chi connectivity index (χ2n) is 10.2. The van der Waals surface area contributed by atoms with Crippen LogP contribution in [-0.4, -0.2) is 53.0 Å². The van der Waals surface area contributed by atoms with Crippen molar-refractivity contribution in [2.45, 2.75) is 46.1 Å². The zero-order valence-electron chi connectivity index (χ0n) is 23.4. The average molecular weight is 550 g/mol. The van der Waals surface area contributed by atoms with E-state index < -0.39 is 17.8 Å². The predicted molar refractivity (Wildman–Crippen MR) is 153 cm³/mol. The normalized spacial score (nSPS) is 12.7. The van der Waals surface area contributed by atoms with Gasteiger partial charge >= 0.3 is 12.2 Å². The number of aromatic nitrogens is 3. The van der Waals surface area contributed by atoms with Crippen LogP contribution >= 0.6 is 0 Å². The molecule has 0 saturated heterocycles. The van der Waals surface area contributed by atoms with Gasteiger partial charge in [-0.1, -0.05) is 6.07 Å². The summed E-state index contributed by atoms with van der Waals surface area (Å²) in [5.74, 6) is 1.54. The average Bonchev–Trinajstić information content (AvgIpc) is 3.72. The SMILES string of the molecule is CCOC(=O)N(CC1CC1)c1cnc(Nc2ccc(OC)nc2)nc1Nc1cccc(NC(=O)OC(C)(C)C)c1. The van der Waals surface area contributed by atoms with Gasteiger partial charge in [0.1, 0.15) is 11.3 Å². The topological polar surface area (TPSA) is 140 Å². The summed E-state index contributed by atoms with van der Waals surface area (Å²) in [5, 5.41) is 9.14. The molecule has 3 N–H and O–H groups in total. The number of nitrogens with one attached hydrogen (secondary N) is 3. The van der Waals surface area contributed by atoms with Gasteiger partial charge in [0.15, 0.2) is 5.82 Å². The van der Waals surface area contributed by atoms with E-state index in [4.69, 9.17) is 14.2 Å². The molecule has 2 aromatic heterocycles. The van der Waals surface area contributed by atoms with Gasteiger partial charge in [-0.05, 0) is 70.7 Å². The first kappa shape index (κ1) is 28.4. The third kappa shape index (κ3) is 8.19. The van der Waals surface area contributed by atoms with Gasteiger partial charge in [0.05, 0.1) is 31.8 Å². The lowest BCUT2D eigenvalue weighted by Gasteiger charge is -2.24. The minimum absolute atomic E-state index is 0.242. The molecule has 12 heteroatoms. The van der Waals surface area contributed by atoms with E-state index >= 15 is 0 Å². The van der Waals surface area contributed by atoms with Crippen molar-refractivity contribution in [3.05, 3.63) is 48.8 Å². The number of methoxy groups -OCH3 is 1. The van der Waals surface area contributed by atoms with Gasteiger partial charge in [0.2, 0.25) is 11.8 Å². The fourth-order valence-corrected chi connectivity index (χ4v) is 3.69. The highest BCUT2D eigenvalue weighted by Crippen LogP contribution is 2.35. The van der Waals surface area contributed by atoms with Gasteiger partial charge in [-0.15, -0.1) is 0 Å². The summed E-state index contributed by atoms with van der Waals surface area (Å²) >= 11 is 0. The van der Waals surface area contributed by atoms with Gasteiger partial charge in [0, 0.05) is 24.0 Å². The molecule has 212 valence electrons. The van der Waals surface area contributed by atoms with Crippen LogP contribution in [0, 0.1) is 5.92 Å². The van der Waals surface area contributed by atoms with Crippen molar-refractivity contribution < 1.29 is 23.8 Å². The molecule has 1 aliphatic carbocycles. The van der Waals surface area contributed by atoms with Crippen molar-refractivity contribution in [2.75, 3.05) is 41.1 Å². The van der Waals surface area contributed by atoms with E-state index in [1.807, 2.05) is 6.07 Å². The Balaban J connectivity index is 1.64. The van der Waals surface area contributed by atoms with E-state index in [0.717, 1.165) is 12.8 Å². The van der Waals surface area contributed by atoms with Crippen LogP contribution in [0.25, 0.3) is 0 Å². The van der Waals surface area contributed by atoms with E-state index in [2.05, 4.69) is 30.9 Å². The van der Waals surface area contributed by atoms with E-state index in [-0.39, 0.29) is 12.6 Å². The Hall–Kier alpha value is -4.61. The van der Waals surface area contributed by atoms with E-state index in [9.17, 15) is 9.59 Å². The summed E-state index contributed by atoms with van der Waals surface area (Å²) < 4.78 is 15.8. The van der Waals surface area contributed by atoms with Crippen molar-refractivity contribution in [1.82, 2.24) is 15.0 Å². The largest absolute Gasteiger partial charge is 0.481 e. The fourth-order valence-electron chi connectivity index (χ4n) is 3.69. The summed E-state index contributed by atoms with van der Waals surface area (Å²) in [7, 11) is 1.55. The Kier molecular flexibility index (Phi) is 8.87. The second-order valence-corrected chi connectivity index (χ2v) is 10.2. The zero-order chi connectivity index (χ0) is 28.7. The van der Waals surface area contributed by atoms with Crippen LogP contribution in [0.15, 0.2) is 48.8 Å². The monoisotopic (exact) mass is 549 g/mol. The van der Waals surface area contributed by atoms with Crippen molar-refractivity contribution in [1.29, 1.82) is 0 Å². The molecule has 3 aromatic rings. The number of amides is 2. The number of ether oxygens (including phenoxy) is 3. The molecule has 0 atom stereocenters. The lowest BCUT2D eigenvalue weighted by molar-refractivity contribution is 0.0636. The number of carbonyl (C=O) groups is 2. The van der Waals surface area contributed by atoms with E-state index in [0.29, 0.717) is 46.9 Å². The Morgan fingerprint density at radius 3 is 2.45 bits per heavy atom. The van der Waals surface area contributed by atoms with Gasteiger partial charge in [-0.3, -0.25) is 10.2 Å². The van der Waals surface area contributed by atoms with Crippen LogP contribution in [0.5, 0.6) is 5.88 Å². The molecule has 1 fully saturated rings. The molecule has 2 heterocycles. The molecule has 2 amide bonds. The van der Waals surface area contributed by atoms with Crippen LogP contribution in [0.1, 0.15) is 40.5 Å². The smallest absolute Gasteiger partial charge is 0.414 e. The van der Waals surface area contributed by atoms with Crippen molar-refractivity contribution in [3.63, 3.8) is 0 Å². The minimum Gasteiger partial charge on any atom is -0.481 e. The van der Waals surface area contributed by atoms with Crippen LogP contribution in [0.4, 0.5) is 44.1 Å². The summed E-state index contributed by atoms with van der Waals surface area (Å²) in [4.78, 5) is 40.1. The minimum atomic E-state index is -0.628. The molecule has 0 radical (unpaired) electrons. The van der Waals surface area contributed by atoms with Gasteiger partial charge in [-0.2, -0.15) is 4.98 Å². The van der Waals surface area contributed by atoms with Gasteiger partial charge < -0.3 is 24.8 Å². The number of hydrogen-bond donors (Lipinski definition) is 3. The maximum atomic E-state index is 13.0. The maximum Gasteiger partial charge on any atom is 0.414 e. The highest BCUT2D eigenvalue weighted by Gasteiger charge is 2.30. The molecule has 1 aliphatic rings.